The van der Waals surface area contributed by atoms with E-state index in [2.05, 4.69) is 11.6 Å². The third-order valence-electron chi connectivity index (χ3n) is 1.81. The summed E-state index contributed by atoms with van der Waals surface area (Å²) in [6, 6.07) is 1.08. The van der Waals surface area contributed by atoms with E-state index in [0.29, 0.717) is 16.8 Å². The first-order valence-electron chi connectivity index (χ1n) is 4.02. The quantitative estimate of drug-likeness (QED) is 0.678. The number of alkyl halides is 3. The predicted molar refractivity (Wildman–Crippen MR) is 48.7 cm³/mol. The van der Waals surface area contributed by atoms with Gasteiger partial charge in [-0.1, -0.05) is 6.58 Å². The van der Waals surface area contributed by atoms with Gasteiger partial charge in [-0.3, -0.25) is 4.98 Å². The SMILES string of the molecule is C=C(C)c1ncc(C(F)(F)F)cc1C. The van der Waals surface area contributed by atoms with Crippen molar-refractivity contribution in [2.45, 2.75) is 20.0 Å². The molecule has 0 atom stereocenters. The molecule has 0 saturated heterocycles. The molecule has 1 aromatic heterocycles. The summed E-state index contributed by atoms with van der Waals surface area (Å²) in [5.74, 6) is 0. The summed E-state index contributed by atoms with van der Waals surface area (Å²) in [6.45, 7) is 6.93. The van der Waals surface area contributed by atoms with E-state index >= 15 is 0 Å². The average molecular weight is 201 g/mol. The second-order valence-corrected chi connectivity index (χ2v) is 3.17. The molecule has 0 fully saturated rings. The fourth-order valence-corrected chi connectivity index (χ4v) is 1.18. The Balaban J connectivity index is 3.20. The van der Waals surface area contributed by atoms with Gasteiger partial charge in [0.05, 0.1) is 11.3 Å². The summed E-state index contributed by atoms with van der Waals surface area (Å²) < 4.78 is 36.7. The van der Waals surface area contributed by atoms with Crippen LogP contribution in [0.2, 0.25) is 0 Å². The molecule has 0 unspecified atom stereocenters. The molecule has 0 aliphatic rings. The molecular weight excluding hydrogens is 191 g/mol. The van der Waals surface area contributed by atoms with E-state index in [1.807, 2.05) is 0 Å². The van der Waals surface area contributed by atoms with E-state index in [4.69, 9.17) is 0 Å². The lowest BCUT2D eigenvalue weighted by Gasteiger charge is -2.09. The molecule has 0 spiro atoms. The van der Waals surface area contributed by atoms with Crippen molar-refractivity contribution in [3.05, 3.63) is 35.7 Å². The monoisotopic (exact) mass is 201 g/mol. The standard InChI is InChI=1S/C10H10F3N/c1-6(2)9-7(3)4-8(5-14-9)10(11,12)13/h4-5H,1H2,2-3H3. The van der Waals surface area contributed by atoms with Gasteiger partial charge < -0.3 is 0 Å². The Hall–Kier alpha value is -1.32. The van der Waals surface area contributed by atoms with Crippen molar-refractivity contribution < 1.29 is 13.2 Å². The van der Waals surface area contributed by atoms with Crippen LogP contribution in [0.1, 0.15) is 23.7 Å². The second kappa shape index (κ2) is 3.44. The largest absolute Gasteiger partial charge is 0.417 e. The van der Waals surface area contributed by atoms with E-state index in [-0.39, 0.29) is 0 Å². The molecule has 14 heavy (non-hydrogen) atoms. The Bertz CT molecular complexity index is 366. The van der Waals surface area contributed by atoms with Crippen LogP contribution in [0.4, 0.5) is 13.2 Å². The van der Waals surface area contributed by atoms with E-state index < -0.39 is 11.7 Å². The van der Waals surface area contributed by atoms with Crippen molar-refractivity contribution in [3.63, 3.8) is 0 Å². The first-order chi connectivity index (χ1) is 6.32. The molecule has 0 aliphatic carbocycles. The number of allylic oxidation sites excluding steroid dienone is 1. The summed E-state index contributed by atoms with van der Waals surface area (Å²) in [5, 5.41) is 0. The third kappa shape index (κ3) is 2.13. The highest BCUT2D eigenvalue weighted by Crippen LogP contribution is 2.30. The number of aromatic nitrogens is 1. The van der Waals surface area contributed by atoms with Crippen LogP contribution >= 0.6 is 0 Å². The Kier molecular flexibility index (Phi) is 2.64. The minimum Gasteiger partial charge on any atom is -0.256 e. The number of pyridine rings is 1. The molecule has 4 heteroatoms. The van der Waals surface area contributed by atoms with Gasteiger partial charge in [0.1, 0.15) is 0 Å². The van der Waals surface area contributed by atoms with Crippen LogP contribution in [-0.4, -0.2) is 4.98 Å². The molecule has 76 valence electrons. The maximum Gasteiger partial charge on any atom is 0.417 e. The minimum atomic E-state index is -4.33. The molecule has 1 nitrogen and oxygen atoms in total. The van der Waals surface area contributed by atoms with Crippen LogP contribution in [0.5, 0.6) is 0 Å². The number of halogens is 3. The zero-order chi connectivity index (χ0) is 10.9. The van der Waals surface area contributed by atoms with Gasteiger partial charge >= 0.3 is 6.18 Å². The van der Waals surface area contributed by atoms with E-state index in [1.165, 1.54) is 0 Å². The summed E-state index contributed by atoms with van der Waals surface area (Å²) in [5.41, 5.74) is 0.960. The van der Waals surface area contributed by atoms with Gasteiger partial charge in [0.25, 0.3) is 0 Å². The fraction of sp³-hybridized carbons (Fsp3) is 0.300. The van der Waals surface area contributed by atoms with Crippen molar-refractivity contribution in [1.82, 2.24) is 4.98 Å². The van der Waals surface area contributed by atoms with Crippen molar-refractivity contribution in [3.8, 4) is 0 Å². The van der Waals surface area contributed by atoms with E-state index in [0.717, 1.165) is 12.3 Å². The summed E-state index contributed by atoms with van der Waals surface area (Å²) in [4.78, 5) is 3.72. The molecule has 0 amide bonds. The lowest BCUT2D eigenvalue weighted by molar-refractivity contribution is -0.137. The number of hydrogen-bond donors (Lipinski definition) is 0. The van der Waals surface area contributed by atoms with Crippen molar-refractivity contribution in [2.75, 3.05) is 0 Å². The van der Waals surface area contributed by atoms with Crippen molar-refractivity contribution in [1.29, 1.82) is 0 Å². The molecule has 0 N–H and O–H groups in total. The van der Waals surface area contributed by atoms with E-state index in [1.54, 1.807) is 13.8 Å². The highest BCUT2D eigenvalue weighted by molar-refractivity contribution is 5.60. The number of rotatable bonds is 1. The van der Waals surface area contributed by atoms with Gasteiger partial charge in [-0.2, -0.15) is 13.2 Å². The second-order valence-electron chi connectivity index (χ2n) is 3.17. The molecule has 0 aliphatic heterocycles. The average Bonchev–Trinajstić information content (AvgIpc) is 2.01. The Morgan fingerprint density at radius 2 is 2.00 bits per heavy atom. The number of aryl methyl sites for hydroxylation is 1. The van der Waals surface area contributed by atoms with Gasteiger partial charge in [-0.15, -0.1) is 0 Å². The Morgan fingerprint density at radius 3 is 2.36 bits per heavy atom. The van der Waals surface area contributed by atoms with Crippen LogP contribution in [-0.2, 0) is 6.18 Å². The predicted octanol–water partition coefficient (Wildman–Crippen LogP) is 3.44. The van der Waals surface area contributed by atoms with Crippen LogP contribution in [0.15, 0.2) is 18.8 Å². The minimum absolute atomic E-state index is 0.493. The molecule has 0 saturated carbocycles. The van der Waals surface area contributed by atoms with Crippen LogP contribution < -0.4 is 0 Å². The zero-order valence-electron chi connectivity index (χ0n) is 7.94. The molecule has 1 aromatic rings. The van der Waals surface area contributed by atoms with Crippen molar-refractivity contribution >= 4 is 5.57 Å². The highest BCUT2D eigenvalue weighted by atomic mass is 19.4. The Morgan fingerprint density at radius 1 is 1.43 bits per heavy atom. The van der Waals surface area contributed by atoms with Gasteiger partial charge in [-0.05, 0) is 31.1 Å². The van der Waals surface area contributed by atoms with Gasteiger partial charge in [0, 0.05) is 6.20 Å². The maximum absolute atomic E-state index is 12.2. The smallest absolute Gasteiger partial charge is 0.256 e. The van der Waals surface area contributed by atoms with Crippen LogP contribution in [0.3, 0.4) is 0 Å². The van der Waals surface area contributed by atoms with Crippen molar-refractivity contribution in [2.24, 2.45) is 0 Å². The number of hydrogen-bond acceptors (Lipinski definition) is 1. The highest BCUT2D eigenvalue weighted by Gasteiger charge is 2.31. The lowest BCUT2D eigenvalue weighted by atomic mass is 10.1. The first kappa shape index (κ1) is 10.8. The molecule has 0 radical (unpaired) electrons. The summed E-state index contributed by atoms with van der Waals surface area (Å²) in [6.07, 6.45) is -3.50. The molecule has 1 heterocycles. The summed E-state index contributed by atoms with van der Waals surface area (Å²) in [7, 11) is 0. The first-order valence-corrected chi connectivity index (χ1v) is 4.02. The Labute approximate surface area is 80.3 Å². The van der Waals surface area contributed by atoms with Gasteiger partial charge in [0.15, 0.2) is 0 Å². The van der Waals surface area contributed by atoms with Gasteiger partial charge in [0.2, 0.25) is 0 Å². The fourth-order valence-electron chi connectivity index (χ4n) is 1.18. The molecule has 0 bridgehead atoms. The van der Waals surface area contributed by atoms with Crippen LogP contribution in [0, 0.1) is 6.92 Å². The number of nitrogens with zero attached hydrogens (tertiary/aromatic N) is 1. The third-order valence-corrected chi connectivity index (χ3v) is 1.81. The topological polar surface area (TPSA) is 12.9 Å². The molecule has 0 aromatic carbocycles. The van der Waals surface area contributed by atoms with Crippen LogP contribution in [0.25, 0.3) is 5.57 Å². The summed E-state index contributed by atoms with van der Waals surface area (Å²) >= 11 is 0. The maximum atomic E-state index is 12.2. The van der Waals surface area contributed by atoms with E-state index in [9.17, 15) is 13.2 Å². The van der Waals surface area contributed by atoms with Gasteiger partial charge in [-0.25, -0.2) is 0 Å². The molecule has 1 rings (SSSR count). The zero-order valence-corrected chi connectivity index (χ0v) is 7.94. The normalized spacial score (nSPS) is 11.5. The lowest BCUT2D eigenvalue weighted by Crippen LogP contribution is -2.07. The molecular formula is C10H10F3N.